The van der Waals surface area contributed by atoms with E-state index in [1.807, 2.05) is 18.7 Å². The van der Waals surface area contributed by atoms with Crippen LogP contribution in [0.5, 0.6) is 0 Å². The number of aromatic nitrogens is 2. The van der Waals surface area contributed by atoms with E-state index in [0.717, 1.165) is 41.8 Å². The van der Waals surface area contributed by atoms with Gasteiger partial charge in [0.1, 0.15) is 0 Å². The average molecular weight is 358 g/mol. The van der Waals surface area contributed by atoms with Crippen LogP contribution in [0.15, 0.2) is 4.47 Å². The fourth-order valence-corrected chi connectivity index (χ4v) is 4.47. The monoisotopic (exact) mass is 357 g/mol. The highest BCUT2D eigenvalue weighted by molar-refractivity contribution is 9.10. The highest BCUT2D eigenvalue weighted by Gasteiger charge is 2.44. The molecule has 1 aliphatic rings. The van der Waals surface area contributed by atoms with Gasteiger partial charge in [-0.3, -0.25) is 9.58 Å². The van der Waals surface area contributed by atoms with E-state index >= 15 is 0 Å². The normalized spacial score (nSPS) is 19.4. The van der Waals surface area contributed by atoms with Crippen LogP contribution in [0.1, 0.15) is 50.9 Å². The van der Waals surface area contributed by atoms with Crippen molar-refractivity contribution < 1.29 is 5.11 Å². The van der Waals surface area contributed by atoms with Crippen molar-refractivity contribution in [2.45, 2.75) is 64.5 Å². The summed E-state index contributed by atoms with van der Waals surface area (Å²) < 4.78 is 2.94. The Labute approximate surface area is 136 Å². The van der Waals surface area contributed by atoms with Crippen molar-refractivity contribution in [1.29, 1.82) is 0 Å². The third kappa shape index (κ3) is 3.06. The first-order chi connectivity index (χ1) is 9.96. The molecule has 1 aliphatic carbocycles. The van der Waals surface area contributed by atoms with E-state index in [-0.39, 0.29) is 11.6 Å². The molecule has 0 bridgehead atoms. The molecule has 0 radical (unpaired) electrons. The smallest absolute Gasteiger partial charge is 0.0779 e. The maximum atomic E-state index is 11.0. The Kier molecular flexibility index (Phi) is 5.49. The van der Waals surface area contributed by atoms with Gasteiger partial charge in [0.05, 0.1) is 22.0 Å². The van der Waals surface area contributed by atoms with Crippen LogP contribution in [0.3, 0.4) is 0 Å². The van der Waals surface area contributed by atoms with Gasteiger partial charge in [0.25, 0.3) is 0 Å². The number of nitrogens with zero attached hydrogens (tertiary/aromatic N) is 3. The number of halogens is 1. The largest absolute Gasteiger partial charge is 0.391 e. The molecule has 1 aromatic rings. The lowest BCUT2D eigenvalue weighted by atomic mass is 9.85. The maximum absolute atomic E-state index is 11.0. The highest BCUT2D eigenvalue weighted by Crippen LogP contribution is 2.39. The number of hydrogen-bond donors (Lipinski definition) is 1. The Hall–Kier alpha value is -0.390. The Balaban J connectivity index is 2.25. The van der Waals surface area contributed by atoms with E-state index in [1.54, 1.807) is 0 Å². The molecule has 0 aliphatic heterocycles. The first-order valence-electron chi connectivity index (χ1n) is 8.07. The van der Waals surface area contributed by atoms with Crippen molar-refractivity contribution in [2.75, 3.05) is 13.1 Å². The van der Waals surface area contributed by atoms with Crippen molar-refractivity contribution >= 4 is 15.9 Å². The number of rotatable bonds is 6. The topological polar surface area (TPSA) is 41.3 Å². The second kappa shape index (κ2) is 6.80. The first-order valence-corrected chi connectivity index (χ1v) is 8.86. The molecule has 2 rings (SSSR count). The molecule has 1 heterocycles. The quantitative estimate of drug-likeness (QED) is 0.850. The van der Waals surface area contributed by atoms with Crippen LogP contribution in [-0.4, -0.2) is 44.5 Å². The molecular weight excluding hydrogens is 330 g/mol. The van der Waals surface area contributed by atoms with E-state index in [4.69, 9.17) is 0 Å². The third-order valence-electron chi connectivity index (χ3n) is 5.13. The zero-order valence-electron chi connectivity index (χ0n) is 13.7. The lowest BCUT2D eigenvalue weighted by Crippen LogP contribution is -2.55. The number of aliphatic hydroxyl groups is 1. The minimum Gasteiger partial charge on any atom is -0.391 e. The standard InChI is InChI=1S/C16H28BrN3O/c1-5-20(6-2)16(9-7-8-10-16)14(21)11-13-15(17)12(3)18-19(13)4/h14,21H,5-11H2,1-4H3. The van der Waals surface area contributed by atoms with Gasteiger partial charge in [-0.05, 0) is 48.8 Å². The van der Waals surface area contributed by atoms with Gasteiger partial charge >= 0.3 is 0 Å². The summed E-state index contributed by atoms with van der Waals surface area (Å²) >= 11 is 3.62. The van der Waals surface area contributed by atoms with Gasteiger partial charge in [-0.25, -0.2) is 0 Å². The van der Waals surface area contributed by atoms with Gasteiger partial charge < -0.3 is 5.11 Å². The van der Waals surface area contributed by atoms with Gasteiger partial charge in [-0.1, -0.05) is 26.7 Å². The summed E-state index contributed by atoms with van der Waals surface area (Å²) in [6, 6.07) is 0. The Morgan fingerprint density at radius 1 is 1.33 bits per heavy atom. The van der Waals surface area contributed by atoms with Crippen molar-refractivity contribution in [3.8, 4) is 0 Å². The number of hydrogen-bond acceptors (Lipinski definition) is 3. The van der Waals surface area contributed by atoms with Gasteiger partial charge in [0.15, 0.2) is 0 Å². The number of aliphatic hydroxyl groups excluding tert-OH is 1. The molecule has 1 N–H and O–H groups in total. The van der Waals surface area contributed by atoms with E-state index in [0.29, 0.717) is 6.42 Å². The predicted octanol–water partition coefficient (Wildman–Crippen LogP) is 3.05. The third-order valence-corrected chi connectivity index (χ3v) is 6.16. The van der Waals surface area contributed by atoms with Crippen molar-refractivity contribution in [3.05, 3.63) is 15.9 Å². The summed E-state index contributed by atoms with van der Waals surface area (Å²) in [6.07, 6.45) is 4.97. The molecule has 5 heteroatoms. The van der Waals surface area contributed by atoms with E-state index in [1.165, 1.54) is 12.8 Å². The zero-order valence-corrected chi connectivity index (χ0v) is 15.3. The lowest BCUT2D eigenvalue weighted by Gasteiger charge is -2.44. The SMILES string of the molecule is CCN(CC)C1(C(O)Cc2c(Br)c(C)nn2C)CCCC1. The van der Waals surface area contributed by atoms with Gasteiger partial charge in [0.2, 0.25) is 0 Å². The minimum atomic E-state index is -0.342. The van der Waals surface area contributed by atoms with E-state index < -0.39 is 0 Å². The zero-order chi connectivity index (χ0) is 15.6. The second-order valence-corrected chi connectivity index (χ2v) is 6.97. The van der Waals surface area contributed by atoms with Gasteiger partial charge in [-0.15, -0.1) is 0 Å². The summed E-state index contributed by atoms with van der Waals surface area (Å²) in [7, 11) is 1.96. The van der Waals surface area contributed by atoms with Crippen LogP contribution in [0.4, 0.5) is 0 Å². The molecule has 1 unspecified atom stereocenters. The lowest BCUT2D eigenvalue weighted by molar-refractivity contribution is -0.0253. The molecule has 1 aromatic heterocycles. The molecule has 1 fully saturated rings. The average Bonchev–Trinajstić information content (AvgIpc) is 3.03. The number of likely N-dealkylation sites (N-methyl/N-ethyl adjacent to an activating group) is 1. The fourth-order valence-electron chi connectivity index (χ4n) is 3.98. The Bertz CT molecular complexity index is 476. The molecule has 120 valence electrons. The van der Waals surface area contributed by atoms with Crippen LogP contribution < -0.4 is 0 Å². The molecule has 0 saturated heterocycles. The summed E-state index contributed by atoms with van der Waals surface area (Å²) in [4.78, 5) is 2.46. The Morgan fingerprint density at radius 2 is 1.90 bits per heavy atom. The molecule has 1 saturated carbocycles. The molecule has 0 aromatic carbocycles. The molecular formula is C16H28BrN3O. The van der Waals surface area contributed by atoms with Crippen LogP contribution in [0.2, 0.25) is 0 Å². The highest BCUT2D eigenvalue weighted by atomic mass is 79.9. The van der Waals surface area contributed by atoms with Crippen molar-refractivity contribution in [3.63, 3.8) is 0 Å². The van der Waals surface area contributed by atoms with Crippen LogP contribution in [-0.2, 0) is 13.5 Å². The Morgan fingerprint density at radius 3 is 2.33 bits per heavy atom. The van der Waals surface area contributed by atoms with E-state index in [2.05, 4.69) is 39.8 Å². The number of aryl methyl sites for hydroxylation is 2. The molecule has 0 spiro atoms. The predicted molar refractivity (Wildman–Crippen MR) is 89.5 cm³/mol. The molecule has 21 heavy (non-hydrogen) atoms. The fraction of sp³-hybridized carbons (Fsp3) is 0.812. The first kappa shape index (κ1) is 17.0. The van der Waals surface area contributed by atoms with Crippen LogP contribution in [0, 0.1) is 6.92 Å². The summed E-state index contributed by atoms with van der Waals surface area (Å²) in [5.74, 6) is 0. The second-order valence-electron chi connectivity index (χ2n) is 6.17. The maximum Gasteiger partial charge on any atom is 0.0779 e. The molecule has 0 amide bonds. The molecule has 1 atom stereocenters. The minimum absolute atomic E-state index is 0.0544. The molecule has 4 nitrogen and oxygen atoms in total. The van der Waals surface area contributed by atoms with Gasteiger partial charge in [-0.2, -0.15) is 5.10 Å². The van der Waals surface area contributed by atoms with Crippen LogP contribution in [0.25, 0.3) is 0 Å². The summed E-state index contributed by atoms with van der Waals surface area (Å²) in [5.41, 5.74) is 2.03. The summed E-state index contributed by atoms with van der Waals surface area (Å²) in [5, 5.41) is 15.5. The van der Waals surface area contributed by atoms with Crippen LogP contribution >= 0.6 is 15.9 Å². The van der Waals surface area contributed by atoms with Crippen molar-refractivity contribution in [2.24, 2.45) is 7.05 Å². The van der Waals surface area contributed by atoms with Gasteiger partial charge in [0, 0.05) is 19.0 Å². The van der Waals surface area contributed by atoms with Crippen molar-refractivity contribution in [1.82, 2.24) is 14.7 Å². The van der Waals surface area contributed by atoms with E-state index in [9.17, 15) is 5.11 Å². The summed E-state index contributed by atoms with van der Waals surface area (Å²) in [6.45, 7) is 8.38.